The van der Waals surface area contributed by atoms with Crippen molar-refractivity contribution in [3.05, 3.63) is 29.8 Å². The van der Waals surface area contributed by atoms with Crippen molar-refractivity contribution in [3.63, 3.8) is 0 Å². The van der Waals surface area contributed by atoms with Crippen molar-refractivity contribution >= 4 is 11.9 Å². The van der Waals surface area contributed by atoms with Crippen molar-refractivity contribution in [2.75, 3.05) is 7.11 Å². The Balaban J connectivity index is 1.63. The summed E-state index contributed by atoms with van der Waals surface area (Å²) in [6, 6.07) is 7.11. The number of ether oxygens (including phenoxy) is 5. The number of esters is 2. The van der Waals surface area contributed by atoms with E-state index in [0.717, 1.165) is 18.4 Å². The second kappa shape index (κ2) is 12.6. The third-order valence-corrected chi connectivity index (χ3v) is 9.55. The quantitative estimate of drug-likeness (QED) is 0.429. The summed E-state index contributed by atoms with van der Waals surface area (Å²) < 4.78 is 31.2. The minimum absolute atomic E-state index is 0.0144. The summed E-state index contributed by atoms with van der Waals surface area (Å²) in [5, 5.41) is 20.2. The van der Waals surface area contributed by atoms with E-state index in [1.165, 1.54) is 6.92 Å². The molecule has 2 N–H and O–H groups in total. The standard InChI is InChI=1S/C32H48O9/c1-18(11-12-24(37-7)22-9-8-10-23(34)13-22)30-20(3)27-17-32(41-30)31(5,6)16-19(2)25(40-32)14-28(35)38-26(21(4)33)15-29(36)39-27/h8-10,13,18-21,24-27,30,33-34H,11-12,14-17H2,1-7H3/t18-,19+,20-,21+,24-,25?,26+,27-,30+,32+/m0/s1. The first kappa shape index (κ1) is 31.7. The molecular formula is C32H48O9. The molecule has 0 saturated carbocycles. The van der Waals surface area contributed by atoms with Crippen molar-refractivity contribution in [2.24, 2.45) is 23.2 Å². The van der Waals surface area contributed by atoms with E-state index in [1.54, 1.807) is 19.2 Å². The van der Waals surface area contributed by atoms with Crippen LogP contribution >= 0.6 is 0 Å². The smallest absolute Gasteiger partial charge is 0.309 e. The zero-order valence-corrected chi connectivity index (χ0v) is 25.5. The summed E-state index contributed by atoms with van der Waals surface area (Å²) in [4.78, 5) is 26.0. The molecule has 10 atom stereocenters. The zero-order chi connectivity index (χ0) is 30.1. The van der Waals surface area contributed by atoms with Gasteiger partial charge in [-0.1, -0.05) is 46.8 Å². The molecule has 0 aliphatic carbocycles. The summed E-state index contributed by atoms with van der Waals surface area (Å²) in [7, 11) is 1.67. The molecule has 1 unspecified atom stereocenters. The second-order valence-corrected chi connectivity index (χ2v) is 13.2. The normalized spacial score (nSPS) is 36.1. The lowest BCUT2D eigenvalue weighted by Crippen LogP contribution is -2.65. The molecule has 3 bridgehead atoms. The second-order valence-electron chi connectivity index (χ2n) is 13.2. The van der Waals surface area contributed by atoms with Crippen molar-refractivity contribution in [1.29, 1.82) is 0 Å². The Morgan fingerprint density at radius 2 is 1.71 bits per heavy atom. The van der Waals surface area contributed by atoms with Gasteiger partial charge in [-0.05, 0) is 55.7 Å². The highest BCUT2D eigenvalue weighted by molar-refractivity contribution is 5.73. The number of phenolic OH excluding ortho intramolecular Hbond substituents is 1. The Labute approximate surface area is 243 Å². The zero-order valence-electron chi connectivity index (χ0n) is 25.5. The van der Waals surface area contributed by atoms with E-state index in [2.05, 4.69) is 27.7 Å². The van der Waals surface area contributed by atoms with Gasteiger partial charge in [-0.3, -0.25) is 9.59 Å². The lowest BCUT2D eigenvalue weighted by atomic mass is 9.67. The van der Waals surface area contributed by atoms with Crippen molar-refractivity contribution in [1.82, 2.24) is 0 Å². The molecule has 0 aromatic heterocycles. The van der Waals surface area contributed by atoms with Crippen LogP contribution in [-0.4, -0.2) is 65.6 Å². The molecule has 1 aromatic carbocycles. The number of cyclic esters (lactones) is 1. The number of aromatic hydroxyl groups is 1. The van der Waals surface area contributed by atoms with Crippen LogP contribution in [0.15, 0.2) is 24.3 Å². The maximum atomic E-state index is 13.1. The molecule has 1 spiro atoms. The SMILES string of the molecule is CO[C@@H](CC[C@H](C)[C@H]1O[C@@]23C[C@H](OC(=O)C[C@H]([C@@H](C)O)OC(=O)CC(O2)[C@H](C)CC3(C)C)[C@@H]1C)c1cccc(O)c1. The van der Waals surface area contributed by atoms with Crippen molar-refractivity contribution in [2.45, 2.75) is 122 Å². The van der Waals surface area contributed by atoms with Gasteiger partial charge in [0.1, 0.15) is 18.0 Å². The Morgan fingerprint density at radius 1 is 1.00 bits per heavy atom. The average molecular weight is 577 g/mol. The first-order valence-corrected chi connectivity index (χ1v) is 15.0. The minimum Gasteiger partial charge on any atom is -0.508 e. The van der Waals surface area contributed by atoms with Gasteiger partial charge in [0.15, 0.2) is 5.79 Å². The number of rotatable bonds is 7. The summed E-state index contributed by atoms with van der Waals surface area (Å²) in [6.07, 6.45) is -1.03. The maximum Gasteiger partial charge on any atom is 0.309 e. The van der Waals surface area contributed by atoms with Gasteiger partial charge >= 0.3 is 11.9 Å². The Morgan fingerprint density at radius 3 is 2.37 bits per heavy atom. The Hall–Kier alpha value is -2.20. The molecule has 3 fully saturated rings. The molecule has 9 nitrogen and oxygen atoms in total. The fourth-order valence-electron chi connectivity index (χ4n) is 6.98. The third kappa shape index (κ3) is 6.90. The Bertz CT molecular complexity index is 1070. The summed E-state index contributed by atoms with van der Waals surface area (Å²) >= 11 is 0. The lowest BCUT2D eigenvalue weighted by molar-refractivity contribution is -0.393. The van der Waals surface area contributed by atoms with Crippen LogP contribution in [0, 0.1) is 23.2 Å². The number of phenols is 1. The predicted molar refractivity (Wildman–Crippen MR) is 151 cm³/mol. The highest BCUT2D eigenvalue weighted by atomic mass is 16.7. The van der Waals surface area contributed by atoms with Crippen LogP contribution in [0.2, 0.25) is 0 Å². The summed E-state index contributed by atoms with van der Waals surface area (Å²) in [5.41, 5.74) is 0.488. The number of carbonyl (C=O) groups excluding carboxylic acids is 2. The van der Waals surface area contributed by atoms with Crippen LogP contribution in [0.5, 0.6) is 5.75 Å². The van der Waals surface area contributed by atoms with Gasteiger partial charge in [-0.15, -0.1) is 0 Å². The molecule has 0 amide bonds. The molecule has 4 rings (SSSR count). The number of hydrogen-bond donors (Lipinski definition) is 2. The molecule has 230 valence electrons. The molecule has 41 heavy (non-hydrogen) atoms. The van der Waals surface area contributed by atoms with Crippen LogP contribution in [0.4, 0.5) is 0 Å². The van der Waals surface area contributed by atoms with Crippen molar-refractivity contribution < 1.29 is 43.5 Å². The molecule has 0 radical (unpaired) electrons. The maximum absolute atomic E-state index is 13.1. The van der Waals surface area contributed by atoms with Gasteiger partial charge in [0.2, 0.25) is 0 Å². The van der Waals surface area contributed by atoms with E-state index in [1.807, 2.05) is 19.1 Å². The van der Waals surface area contributed by atoms with Crippen LogP contribution in [0.3, 0.4) is 0 Å². The van der Waals surface area contributed by atoms with Crippen LogP contribution < -0.4 is 0 Å². The highest BCUT2D eigenvalue weighted by Crippen LogP contribution is 2.55. The number of fused-ring (bicyclic) bond motifs is 2. The fourth-order valence-corrected chi connectivity index (χ4v) is 6.98. The fraction of sp³-hybridized carbons (Fsp3) is 0.750. The van der Waals surface area contributed by atoms with E-state index in [9.17, 15) is 19.8 Å². The third-order valence-electron chi connectivity index (χ3n) is 9.55. The monoisotopic (exact) mass is 576 g/mol. The number of benzene rings is 1. The summed E-state index contributed by atoms with van der Waals surface area (Å²) in [5.74, 6) is -1.90. The molecule has 3 aliphatic heterocycles. The number of methoxy groups -OCH3 is 1. The number of carbonyl (C=O) groups is 2. The van der Waals surface area contributed by atoms with Crippen molar-refractivity contribution in [3.8, 4) is 5.75 Å². The predicted octanol–water partition coefficient (Wildman–Crippen LogP) is 5.07. The van der Waals surface area contributed by atoms with Crippen LogP contribution in [-0.2, 0) is 33.3 Å². The molecule has 9 heteroatoms. The van der Waals surface area contributed by atoms with Gasteiger partial charge in [0.05, 0.1) is 37.3 Å². The minimum atomic E-state index is -1.06. The van der Waals surface area contributed by atoms with Gasteiger partial charge < -0.3 is 33.9 Å². The number of aliphatic hydroxyl groups excluding tert-OH is 1. The number of hydrogen-bond acceptors (Lipinski definition) is 9. The van der Waals surface area contributed by atoms with Crippen LogP contribution in [0.1, 0.15) is 91.7 Å². The average Bonchev–Trinajstić information content (AvgIpc) is 2.88. The van der Waals surface area contributed by atoms with Gasteiger partial charge in [-0.25, -0.2) is 0 Å². The lowest BCUT2D eigenvalue weighted by Gasteiger charge is -2.59. The van der Waals surface area contributed by atoms with Gasteiger partial charge in [0.25, 0.3) is 0 Å². The molecule has 3 aliphatic rings. The largest absolute Gasteiger partial charge is 0.508 e. The molecule has 1 aromatic rings. The van der Waals surface area contributed by atoms with E-state index in [-0.39, 0.29) is 48.6 Å². The van der Waals surface area contributed by atoms with Crippen LogP contribution in [0.25, 0.3) is 0 Å². The molecule has 3 saturated heterocycles. The highest BCUT2D eigenvalue weighted by Gasteiger charge is 2.60. The van der Waals surface area contributed by atoms with E-state index >= 15 is 0 Å². The van der Waals surface area contributed by atoms with Gasteiger partial charge in [-0.2, -0.15) is 0 Å². The first-order valence-electron chi connectivity index (χ1n) is 15.0. The van der Waals surface area contributed by atoms with E-state index in [4.69, 9.17) is 23.7 Å². The molecule has 3 heterocycles. The Kier molecular flexibility index (Phi) is 9.73. The van der Waals surface area contributed by atoms with E-state index < -0.39 is 47.6 Å². The number of aliphatic hydroxyl groups is 1. The first-order chi connectivity index (χ1) is 19.2. The van der Waals surface area contributed by atoms with Gasteiger partial charge in [0, 0.05) is 24.9 Å². The van der Waals surface area contributed by atoms with E-state index in [0.29, 0.717) is 12.8 Å². The molecular weight excluding hydrogens is 528 g/mol. The topological polar surface area (TPSA) is 121 Å². The summed E-state index contributed by atoms with van der Waals surface area (Å²) in [6.45, 7) is 12.0.